The van der Waals surface area contributed by atoms with E-state index in [1.54, 1.807) is 29.0 Å². The molecule has 32 heavy (non-hydrogen) atoms. The Bertz CT molecular complexity index is 1330. The van der Waals surface area contributed by atoms with Crippen molar-refractivity contribution < 1.29 is 8.42 Å². The molecule has 0 bridgehead atoms. The van der Waals surface area contributed by atoms with Gasteiger partial charge >= 0.3 is 0 Å². The molecule has 4 aromatic heterocycles. The molecule has 166 valence electrons. The number of anilines is 1. The van der Waals surface area contributed by atoms with Crippen LogP contribution < -0.4 is 4.90 Å². The number of nitrogens with one attached hydrogen (secondary N) is 1. The molecule has 1 unspecified atom stereocenters. The van der Waals surface area contributed by atoms with Gasteiger partial charge in [0.1, 0.15) is 9.86 Å². The fourth-order valence-electron chi connectivity index (χ4n) is 4.42. The van der Waals surface area contributed by atoms with Gasteiger partial charge in [-0.3, -0.25) is 4.98 Å². The largest absolute Gasteiger partial charge is 0.369 e. The number of hydrogen-bond donors (Lipinski definition) is 1. The number of rotatable bonds is 5. The number of fused-ring (bicyclic) bond motifs is 1. The van der Waals surface area contributed by atoms with Gasteiger partial charge in [0.05, 0.1) is 0 Å². The van der Waals surface area contributed by atoms with Gasteiger partial charge in [0.25, 0.3) is 10.0 Å². The van der Waals surface area contributed by atoms with Crippen LogP contribution in [0.1, 0.15) is 13.3 Å². The Balaban J connectivity index is 1.41. The van der Waals surface area contributed by atoms with E-state index >= 15 is 0 Å². The molecule has 0 aliphatic carbocycles. The Labute approximate surface area is 191 Å². The molecule has 5 rings (SSSR count). The van der Waals surface area contributed by atoms with E-state index in [-0.39, 0.29) is 6.04 Å². The molecule has 4 aromatic rings. The van der Waals surface area contributed by atoms with Crippen LogP contribution in [-0.2, 0) is 10.0 Å². The summed E-state index contributed by atoms with van der Waals surface area (Å²) in [7, 11) is -1.52. The van der Waals surface area contributed by atoms with Crippen LogP contribution >= 0.6 is 11.3 Å². The molecule has 0 saturated carbocycles. The van der Waals surface area contributed by atoms with Gasteiger partial charge in [-0.1, -0.05) is 13.0 Å². The molecular weight excluding hydrogens is 442 g/mol. The summed E-state index contributed by atoms with van der Waals surface area (Å²) in [5.41, 5.74) is 2.82. The summed E-state index contributed by atoms with van der Waals surface area (Å²) in [5, 5.41) is 1.04. The Kier molecular flexibility index (Phi) is 5.48. The Morgan fingerprint density at radius 2 is 2.06 bits per heavy atom. The highest BCUT2D eigenvalue weighted by Crippen LogP contribution is 2.35. The number of thiophene rings is 1. The number of pyridine rings is 2. The first-order valence-corrected chi connectivity index (χ1v) is 12.9. The van der Waals surface area contributed by atoms with Crippen molar-refractivity contribution in [3.63, 3.8) is 0 Å². The van der Waals surface area contributed by atoms with E-state index in [9.17, 15) is 8.42 Å². The fourth-order valence-corrected chi connectivity index (χ4v) is 7.35. The van der Waals surface area contributed by atoms with Gasteiger partial charge in [0.2, 0.25) is 0 Å². The first kappa shape index (κ1) is 21.1. The predicted octanol–water partition coefficient (Wildman–Crippen LogP) is 4.22. The zero-order chi connectivity index (χ0) is 22.3. The molecule has 7 nitrogen and oxygen atoms in total. The van der Waals surface area contributed by atoms with Crippen molar-refractivity contribution in [2.24, 2.45) is 5.92 Å². The zero-order valence-electron chi connectivity index (χ0n) is 18.0. The van der Waals surface area contributed by atoms with E-state index in [4.69, 9.17) is 0 Å². The van der Waals surface area contributed by atoms with Gasteiger partial charge in [-0.15, -0.1) is 11.3 Å². The first-order chi connectivity index (χ1) is 15.4. The van der Waals surface area contributed by atoms with Gasteiger partial charge in [-0.2, -0.15) is 4.31 Å². The van der Waals surface area contributed by atoms with Gasteiger partial charge in [0.15, 0.2) is 0 Å². The maximum atomic E-state index is 13.5. The summed E-state index contributed by atoms with van der Waals surface area (Å²) in [6, 6.07) is 11.5. The third-order valence-electron chi connectivity index (χ3n) is 6.32. The average Bonchev–Trinajstić information content (AvgIpc) is 3.49. The lowest BCUT2D eigenvalue weighted by Gasteiger charge is -2.42. The number of H-pyrrole nitrogens is 1. The van der Waals surface area contributed by atoms with E-state index in [1.165, 1.54) is 11.3 Å². The van der Waals surface area contributed by atoms with Crippen molar-refractivity contribution in [2.45, 2.75) is 23.6 Å². The predicted molar refractivity (Wildman–Crippen MR) is 128 cm³/mol. The molecule has 1 aliphatic heterocycles. The number of aromatic amines is 1. The third kappa shape index (κ3) is 3.70. The third-order valence-corrected chi connectivity index (χ3v) is 9.78. The molecule has 1 fully saturated rings. The minimum absolute atomic E-state index is 0.0665. The van der Waals surface area contributed by atoms with E-state index in [2.05, 4.69) is 26.8 Å². The van der Waals surface area contributed by atoms with E-state index in [1.807, 2.05) is 43.6 Å². The smallest absolute Gasteiger partial charge is 0.252 e. The molecule has 1 N–H and O–H groups in total. The van der Waals surface area contributed by atoms with Crippen LogP contribution in [0, 0.1) is 5.92 Å². The zero-order valence-corrected chi connectivity index (χ0v) is 19.6. The van der Waals surface area contributed by atoms with Crippen molar-refractivity contribution in [1.29, 1.82) is 0 Å². The number of hydrogen-bond acceptors (Lipinski definition) is 6. The van der Waals surface area contributed by atoms with Crippen LogP contribution in [0.25, 0.3) is 21.5 Å². The minimum atomic E-state index is -3.57. The van der Waals surface area contributed by atoms with Gasteiger partial charge in [0, 0.05) is 72.5 Å². The summed E-state index contributed by atoms with van der Waals surface area (Å²) in [6.45, 7) is 3.19. The highest BCUT2D eigenvalue weighted by atomic mass is 32.2. The molecule has 2 atom stereocenters. The van der Waals surface area contributed by atoms with Crippen LogP contribution in [0.3, 0.4) is 0 Å². The normalized spacial score (nSPS) is 19.9. The van der Waals surface area contributed by atoms with Crippen LogP contribution in [0.2, 0.25) is 0 Å². The Hall–Kier alpha value is -2.75. The van der Waals surface area contributed by atoms with Crippen LogP contribution in [0.4, 0.5) is 5.69 Å². The lowest BCUT2D eigenvalue weighted by atomic mass is 9.93. The van der Waals surface area contributed by atoms with Gasteiger partial charge in [-0.25, -0.2) is 13.4 Å². The monoisotopic (exact) mass is 467 g/mol. The lowest BCUT2D eigenvalue weighted by Crippen LogP contribution is -2.52. The first-order valence-electron chi connectivity index (χ1n) is 10.6. The topological polar surface area (TPSA) is 82.2 Å². The van der Waals surface area contributed by atoms with E-state index in [0.29, 0.717) is 23.2 Å². The average molecular weight is 468 g/mol. The molecule has 0 aromatic carbocycles. The second-order valence-corrected chi connectivity index (χ2v) is 11.5. The molecule has 0 amide bonds. The second kappa shape index (κ2) is 8.31. The molecule has 0 radical (unpaired) electrons. The number of likely N-dealkylation sites (N-methyl/N-ethyl adjacent to an activating group) is 1. The summed E-state index contributed by atoms with van der Waals surface area (Å²) in [4.78, 5) is 14.8. The van der Waals surface area contributed by atoms with E-state index in [0.717, 1.165) is 33.6 Å². The molecule has 5 heterocycles. The number of aromatic nitrogens is 3. The van der Waals surface area contributed by atoms with Crippen molar-refractivity contribution in [3.8, 4) is 10.4 Å². The molecule has 9 heteroatoms. The molecule has 1 aliphatic rings. The number of piperidine rings is 1. The lowest BCUT2D eigenvalue weighted by molar-refractivity contribution is 0.248. The van der Waals surface area contributed by atoms with Crippen molar-refractivity contribution >= 4 is 38.1 Å². The van der Waals surface area contributed by atoms with Gasteiger partial charge < -0.3 is 9.88 Å². The van der Waals surface area contributed by atoms with Crippen molar-refractivity contribution in [2.75, 3.05) is 25.0 Å². The number of nitrogens with zero attached hydrogens (tertiary/aromatic N) is 4. The standard InChI is InChI=1S/C23H25N5O2S2/c1-16-9-13-28(15-20(16)27(2)19-8-12-26-23-18(19)7-11-25-23)32(29,30)22-6-5-21(31-22)17-4-3-10-24-14-17/h3-8,10-12,14,16,20H,9,13,15H2,1-2H3,(H,25,26)/t16-,20?/m1/s1. The molecular formula is C23H25N5O2S2. The summed E-state index contributed by atoms with van der Waals surface area (Å²) >= 11 is 1.30. The van der Waals surface area contributed by atoms with Gasteiger partial charge in [-0.05, 0) is 42.7 Å². The van der Waals surface area contributed by atoms with Crippen LogP contribution in [0.15, 0.2) is 65.4 Å². The minimum Gasteiger partial charge on any atom is -0.369 e. The maximum absolute atomic E-state index is 13.5. The highest BCUT2D eigenvalue weighted by Gasteiger charge is 2.36. The van der Waals surface area contributed by atoms with Crippen LogP contribution in [0.5, 0.6) is 0 Å². The number of sulfonamides is 1. The highest BCUT2D eigenvalue weighted by molar-refractivity contribution is 7.91. The van der Waals surface area contributed by atoms with E-state index < -0.39 is 10.0 Å². The Morgan fingerprint density at radius 3 is 2.88 bits per heavy atom. The second-order valence-electron chi connectivity index (χ2n) is 8.24. The fraction of sp³-hybridized carbons (Fsp3) is 0.304. The quantitative estimate of drug-likeness (QED) is 0.475. The van der Waals surface area contributed by atoms with Crippen LogP contribution in [-0.4, -0.2) is 53.9 Å². The Morgan fingerprint density at radius 1 is 1.19 bits per heavy atom. The summed E-state index contributed by atoms with van der Waals surface area (Å²) in [5.74, 6) is 0.364. The SMILES string of the molecule is C[C@@H]1CCN(S(=O)(=O)c2ccc(-c3cccnc3)s2)CC1N(C)c1ccnc2[nH]ccc12. The van der Waals surface area contributed by atoms with Crippen molar-refractivity contribution in [1.82, 2.24) is 19.3 Å². The van der Waals surface area contributed by atoms with Crippen molar-refractivity contribution in [3.05, 3.63) is 61.2 Å². The summed E-state index contributed by atoms with van der Waals surface area (Å²) in [6.07, 6.45) is 7.96. The summed E-state index contributed by atoms with van der Waals surface area (Å²) < 4.78 is 29.0. The molecule has 0 spiro atoms. The maximum Gasteiger partial charge on any atom is 0.252 e. The molecule has 1 saturated heterocycles.